The van der Waals surface area contributed by atoms with Crippen molar-refractivity contribution in [1.29, 1.82) is 0 Å². The summed E-state index contributed by atoms with van der Waals surface area (Å²) in [5, 5.41) is 7.16. The summed E-state index contributed by atoms with van der Waals surface area (Å²) in [6.45, 7) is -0.461. The molecule has 34 heavy (non-hydrogen) atoms. The minimum Gasteiger partial charge on any atom is -0.366 e. The van der Waals surface area contributed by atoms with Crippen LogP contribution in [0, 0.1) is 5.82 Å². The van der Waals surface area contributed by atoms with Gasteiger partial charge in [0.1, 0.15) is 18.1 Å². The van der Waals surface area contributed by atoms with Gasteiger partial charge in [-0.15, -0.1) is 0 Å². The quantitative estimate of drug-likeness (QED) is 0.448. The Balaban J connectivity index is 1.47. The second-order valence-electron chi connectivity index (χ2n) is 8.00. The number of aldehydes is 1. The topological polar surface area (TPSA) is 127 Å². The third-order valence-corrected chi connectivity index (χ3v) is 5.88. The highest BCUT2D eigenvalue weighted by Gasteiger charge is 2.34. The summed E-state index contributed by atoms with van der Waals surface area (Å²) < 4.78 is 15.4. The molecule has 0 aliphatic heterocycles. The number of primary amides is 1. The van der Waals surface area contributed by atoms with Gasteiger partial charge in [-0.3, -0.25) is 23.9 Å². The molecule has 0 radical (unpaired) electrons. The van der Waals surface area contributed by atoms with E-state index in [1.165, 1.54) is 33.8 Å². The van der Waals surface area contributed by atoms with Gasteiger partial charge in [-0.25, -0.2) is 4.39 Å². The summed E-state index contributed by atoms with van der Waals surface area (Å²) in [6.07, 6.45) is 2.07. The molecule has 3 N–H and O–H groups in total. The van der Waals surface area contributed by atoms with Crippen LogP contribution >= 0.6 is 11.6 Å². The third-order valence-electron chi connectivity index (χ3n) is 5.59. The summed E-state index contributed by atoms with van der Waals surface area (Å²) in [6, 6.07) is 8.95. The van der Waals surface area contributed by atoms with E-state index >= 15 is 0 Å². The molecule has 4 rings (SSSR count). The fraction of sp³-hybridized carbons (Fsp3) is 0.261. The van der Waals surface area contributed by atoms with Gasteiger partial charge < -0.3 is 16.0 Å². The van der Waals surface area contributed by atoms with Crippen LogP contribution in [0.15, 0.2) is 36.4 Å². The van der Waals surface area contributed by atoms with Gasteiger partial charge in [-0.1, -0.05) is 23.7 Å². The van der Waals surface area contributed by atoms with Crippen LogP contribution in [0.3, 0.4) is 0 Å². The second-order valence-corrected chi connectivity index (χ2v) is 8.41. The van der Waals surface area contributed by atoms with Crippen LogP contribution in [0.5, 0.6) is 0 Å². The summed E-state index contributed by atoms with van der Waals surface area (Å²) >= 11 is 5.77. The number of benzene rings is 2. The fourth-order valence-corrected chi connectivity index (χ4v) is 3.87. The van der Waals surface area contributed by atoms with Crippen molar-refractivity contribution in [2.75, 3.05) is 6.54 Å². The number of carbonyl (C=O) groups is 4. The van der Waals surface area contributed by atoms with E-state index in [0.717, 1.165) is 12.8 Å². The molecule has 3 amide bonds. The lowest BCUT2D eigenvalue weighted by Gasteiger charge is -2.22. The maximum Gasteiger partial charge on any atom is 0.248 e. The summed E-state index contributed by atoms with van der Waals surface area (Å²) in [5.74, 6) is -2.04. The Bertz CT molecular complexity index is 1300. The highest BCUT2D eigenvalue weighted by molar-refractivity contribution is 6.30. The molecule has 0 saturated heterocycles. The number of hydrogen-bond acceptors (Lipinski definition) is 5. The van der Waals surface area contributed by atoms with Crippen molar-refractivity contribution in [1.82, 2.24) is 20.0 Å². The average molecular weight is 486 g/mol. The number of halogens is 2. The Kier molecular flexibility index (Phi) is 6.60. The predicted molar refractivity (Wildman–Crippen MR) is 122 cm³/mol. The largest absolute Gasteiger partial charge is 0.366 e. The molecule has 0 atom stereocenters. The van der Waals surface area contributed by atoms with E-state index in [-0.39, 0.29) is 53.4 Å². The van der Waals surface area contributed by atoms with Crippen molar-refractivity contribution in [3.8, 4) is 0 Å². The second kappa shape index (κ2) is 9.60. The number of amides is 3. The molecule has 0 bridgehead atoms. The van der Waals surface area contributed by atoms with Crippen molar-refractivity contribution in [3.05, 3.63) is 64.1 Å². The van der Waals surface area contributed by atoms with Crippen LogP contribution in [0.2, 0.25) is 5.02 Å². The molecule has 1 aromatic heterocycles. The minimum atomic E-state index is -0.647. The number of aromatic nitrogens is 2. The lowest BCUT2D eigenvalue weighted by molar-refractivity contribution is -0.137. The van der Waals surface area contributed by atoms with Gasteiger partial charge >= 0.3 is 0 Å². The number of fused-ring (bicyclic) bond motifs is 1. The molecule has 9 nitrogen and oxygen atoms in total. The Labute approximate surface area is 198 Å². The Morgan fingerprint density at radius 3 is 2.71 bits per heavy atom. The monoisotopic (exact) mass is 485 g/mol. The molecule has 176 valence electrons. The summed E-state index contributed by atoms with van der Waals surface area (Å²) in [4.78, 5) is 49.9. The van der Waals surface area contributed by atoms with Gasteiger partial charge in [0, 0.05) is 29.1 Å². The maximum atomic E-state index is 14.0. The van der Waals surface area contributed by atoms with Gasteiger partial charge in [-0.05, 0) is 37.1 Å². The van der Waals surface area contributed by atoms with Crippen LogP contribution in [0.1, 0.15) is 39.3 Å². The normalized spacial score (nSPS) is 13.0. The number of hydrogen-bond donors (Lipinski definition) is 2. The molecular weight excluding hydrogens is 465 g/mol. The summed E-state index contributed by atoms with van der Waals surface area (Å²) in [5.41, 5.74) is 6.32. The van der Waals surface area contributed by atoms with E-state index in [0.29, 0.717) is 17.2 Å². The number of nitrogens with two attached hydrogens (primary N) is 1. The highest BCUT2D eigenvalue weighted by atomic mass is 35.5. The molecule has 1 heterocycles. The van der Waals surface area contributed by atoms with Gasteiger partial charge in [0.15, 0.2) is 6.29 Å². The van der Waals surface area contributed by atoms with Crippen LogP contribution in [-0.4, -0.2) is 51.3 Å². The van der Waals surface area contributed by atoms with Gasteiger partial charge in [-0.2, -0.15) is 5.10 Å². The number of nitrogens with zero attached hydrogens (tertiary/aromatic N) is 3. The van der Waals surface area contributed by atoms with Gasteiger partial charge in [0.25, 0.3) is 0 Å². The number of carbonyl (C=O) groups excluding carboxylic acids is 4. The van der Waals surface area contributed by atoms with Crippen LogP contribution in [0.4, 0.5) is 4.39 Å². The first-order valence-electron chi connectivity index (χ1n) is 10.5. The molecule has 0 spiro atoms. The van der Waals surface area contributed by atoms with Crippen LogP contribution in [0.25, 0.3) is 10.9 Å². The van der Waals surface area contributed by atoms with Crippen molar-refractivity contribution >= 4 is 46.5 Å². The molecule has 1 aliphatic rings. The smallest absolute Gasteiger partial charge is 0.248 e. The van der Waals surface area contributed by atoms with Crippen LogP contribution < -0.4 is 11.1 Å². The maximum absolute atomic E-state index is 14.0. The van der Waals surface area contributed by atoms with Crippen molar-refractivity contribution < 1.29 is 23.6 Å². The predicted octanol–water partition coefficient (Wildman–Crippen LogP) is 2.05. The third kappa shape index (κ3) is 4.91. The van der Waals surface area contributed by atoms with E-state index in [9.17, 15) is 23.6 Å². The Morgan fingerprint density at radius 1 is 1.26 bits per heavy atom. The van der Waals surface area contributed by atoms with Gasteiger partial charge in [0.05, 0.1) is 17.1 Å². The lowest BCUT2D eigenvalue weighted by Crippen LogP contribution is -2.43. The highest BCUT2D eigenvalue weighted by Crippen LogP contribution is 2.27. The van der Waals surface area contributed by atoms with Crippen molar-refractivity contribution in [3.63, 3.8) is 0 Å². The summed E-state index contributed by atoms with van der Waals surface area (Å²) in [7, 11) is 0. The first-order chi connectivity index (χ1) is 16.3. The van der Waals surface area contributed by atoms with E-state index in [1.807, 2.05) is 0 Å². The van der Waals surface area contributed by atoms with Gasteiger partial charge in [0.2, 0.25) is 17.7 Å². The first-order valence-corrected chi connectivity index (χ1v) is 10.9. The van der Waals surface area contributed by atoms with Crippen molar-refractivity contribution in [2.24, 2.45) is 5.73 Å². The molecule has 3 aromatic rings. The van der Waals surface area contributed by atoms with Crippen molar-refractivity contribution in [2.45, 2.75) is 32.0 Å². The lowest BCUT2D eigenvalue weighted by atomic mass is 10.1. The molecule has 1 saturated carbocycles. The molecule has 1 aliphatic carbocycles. The molecule has 2 aromatic carbocycles. The molecule has 0 unspecified atom stereocenters. The van der Waals surface area contributed by atoms with Crippen LogP contribution in [-0.2, 0) is 22.7 Å². The zero-order valence-electron chi connectivity index (χ0n) is 18.0. The van der Waals surface area contributed by atoms with E-state index in [2.05, 4.69) is 10.4 Å². The number of rotatable bonds is 9. The minimum absolute atomic E-state index is 0.0365. The SMILES string of the molecule is NC(=O)c1ccc2c(c1)c(C=O)nn2CC(=O)N(CC(=O)NCc1cccc(Cl)c1F)C1CC1. The zero-order valence-corrected chi connectivity index (χ0v) is 18.7. The average Bonchev–Trinajstić information content (AvgIpc) is 3.60. The standard InChI is InChI=1S/C23H21ClFN5O4/c24-17-3-1-2-14(22(17)25)9-27-20(32)10-29(15-5-6-15)21(33)11-30-19-7-4-13(23(26)34)8-16(19)18(12-31)28-30/h1-4,7-8,12,15H,5-6,9-11H2,(H2,26,34)(H,27,32). The number of nitrogens with one attached hydrogen (secondary N) is 1. The van der Waals surface area contributed by atoms with E-state index in [4.69, 9.17) is 17.3 Å². The first kappa shape index (κ1) is 23.4. The van der Waals surface area contributed by atoms with E-state index in [1.54, 1.807) is 12.1 Å². The zero-order chi connectivity index (χ0) is 24.4. The molecule has 11 heteroatoms. The molecule has 1 fully saturated rings. The molecular formula is C23H21ClFN5O4. The Morgan fingerprint density at radius 2 is 2.03 bits per heavy atom. The Hall–Kier alpha value is -3.79. The van der Waals surface area contributed by atoms with E-state index < -0.39 is 17.6 Å². The fourth-order valence-electron chi connectivity index (χ4n) is 3.68.